The number of hydrogen-bond acceptors (Lipinski definition) is 6. The summed E-state index contributed by atoms with van der Waals surface area (Å²) in [6.45, 7) is 4.87. The van der Waals surface area contributed by atoms with Crippen LogP contribution in [-0.2, 0) is 9.53 Å². The number of hydrogen-bond donors (Lipinski definition) is 0. The van der Waals surface area contributed by atoms with Crippen molar-refractivity contribution in [1.82, 2.24) is 19.7 Å². The Bertz CT molecular complexity index is 796. The predicted octanol–water partition coefficient (Wildman–Crippen LogP) is 3.90. The summed E-state index contributed by atoms with van der Waals surface area (Å²) >= 11 is 13.2. The fourth-order valence-electron chi connectivity index (χ4n) is 2.20. The Morgan fingerprint density at radius 1 is 1.31 bits per heavy atom. The summed E-state index contributed by atoms with van der Waals surface area (Å²) in [5.74, 6) is -0.509. The van der Waals surface area contributed by atoms with Crippen LogP contribution >= 0.6 is 35.0 Å². The average molecular weight is 417 g/mol. The lowest BCUT2D eigenvalue weighted by Gasteiger charge is -2.17. The predicted molar refractivity (Wildman–Crippen MR) is 101 cm³/mol. The maximum absolute atomic E-state index is 12.3. The summed E-state index contributed by atoms with van der Waals surface area (Å²) in [5, 5.41) is 4.42. The lowest BCUT2D eigenvalue weighted by molar-refractivity contribution is -0.140. The van der Waals surface area contributed by atoms with Gasteiger partial charge in [0.05, 0.1) is 7.11 Å². The van der Waals surface area contributed by atoms with Crippen LogP contribution in [0.15, 0.2) is 29.7 Å². The van der Waals surface area contributed by atoms with Gasteiger partial charge in [0, 0.05) is 23.1 Å². The van der Waals surface area contributed by atoms with Gasteiger partial charge in [0.1, 0.15) is 11.6 Å². The van der Waals surface area contributed by atoms with Crippen molar-refractivity contribution in [2.45, 2.75) is 24.3 Å². The number of halogens is 2. The van der Waals surface area contributed by atoms with Crippen LogP contribution in [0, 0.1) is 0 Å². The number of nitrogens with zero attached hydrogens (tertiary/aromatic N) is 4. The molecule has 10 heteroatoms. The highest BCUT2D eigenvalue weighted by Gasteiger charge is 2.27. The fourth-order valence-corrected chi connectivity index (χ4v) is 3.76. The number of carbonyl (C=O) groups excluding carboxylic acids is 2. The van der Waals surface area contributed by atoms with Crippen molar-refractivity contribution in [3.8, 4) is 0 Å². The Kier molecular flexibility index (Phi) is 7.31. The monoisotopic (exact) mass is 416 g/mol. The van der Waals surface area contributed by atoms with Gasteiger partial charge in [0.25, 0.3) is 0 Å². The van der Waals surface area contributed by atoms with Gasteiger partial charge < -0.3 is 9.64 Å². The van der Waals surface area contributed by atoms with Crippen molar-refractivity contribution < 1.29 is 14.3 Å². The third kappa shape index (κ3) is 4.69. The van der Waals surface area contributed by atoms with Crippen molar-refractivity contribution >= 4 is 47.0 Å². The summed E-state index contributed by atoms with van der Waals surface area (Å²) in [6.07, 6.45) is 1.32. The number of rotatable bonds is 6. The molecule has 1 amide bonds. The second-order valence-corrected chi connectivity index (χ2v) is 7.03. The van der Waals surface area contributed by atoms with Gasteiger partial charge in [-0.2, -0.15) is 4.68 Å². The van der Waals surface area contributed by atoms with E-state index >= 15 is 0 Å². The largest absolute Gasteiger partial charge is 0.468 e. The molecule has 0 aliphatic rings. The molecule has 1 unspecified atom stereocenters. The van der Waals surface area contributed by atoms with E-state index in [1.54, 1.807) is 23.1 Å². The van der Waals surface area contributed by atoms with Crippen LogP contribution in [0.1, 0.15) is 24.7 Å². The van der Waals surface area contributed by atoms with Crippen molar-refractivity contribution in [3.05, 3.63) is 40.1 Å². The number of methoxy groups -OCH3 is 1. The molecule has 7 nitrogen and oxygen atoms in total. The van der Waals surface area contributed by atoms with Gasteiger partial charge in [-0.3, -0.25) is 4.79 Å². The molecule has 1 aromatic heterocycles. The molecule has 1 heterocycles. The fraction of sp³-hybridized carbons (Fsp3) is 0.375. The lowest BCUT2D eigenvalue weighted by Crippen LogP contribution is -2.34. The van der Waals surface area contributed by atoms with Crippen molar-refractivity contribution in [2.24, 2.45) is 0 Å². The minimum Gasteiger partial charge on any atom is -0.468 e. The van der Waals surface area contributed by atoms with E-state index in [4.69, 9.17) is 27.9 Å². The Morgan fingerprint density at radius 3 is 2.58 bits per heavy atom. The maximum atomic E-state index is 12.3. The molecule has 2 rings (SSSR count). The van der Waals surface area contributed by atoms with E-state index in [1.165, 1.54) is 13.4 Å². The highest BCUT2D eigenvalue weighted by Crippen LogP contribution is 2.38. The van der Waals surface area contributed by atoms with Crippen LogP contribution in [-0.4, -0.2) is 51.9 Å². The van der Waals surface area contributed by atoms with Gasteiger partial charge in [-0.15, -0.1) is 5.10 Å². The van der Waals surface area contributed by atoms with E-state index in [0.29, 0.717) is 28.7 Å². The summed E-state index contributed by atoms with van der Waals surface area (Å²) in [5.41, 5.74) is 0.527. The van der Waals surface area contributed by atoms with E-state index in [-0.39, 0.29) is 11.2 Å². The minimum absolute atomic E-state index is 0.256. The molecule has 1 atom stereocenters. The lowest BCUT2D eigenvalue weighted by atomic mass is 10.1. The number of esters is 1. The zero-order valence-electron chi connectivity index (χ0n) is 14.5. The zero-order chi connectivity index (χ0) is 19.3. The Hall–Kier alpha value is -1.77. The second kappa shape index (κ2) is 9.25. The minimum atomic E-state index is -0.788. The van der Waals surface area contributed by atoms with Crippen LogP contribution in [0.4, 0.5) is 4.79 Å². The topological polar surface area (TPSA) is 77.3 Å². The smallest absolute Gasteiger partial charge is 0.346 e. The van der Waals surface area contributed by atoms with Crippen LogP contribution in [0.25, 0.3) is 0 Å². The standard InChI is InChI=1S/C16H18Cl2N4O3S/c1-4-21(5-2)16(24)22-9-19-15(20-22)26-13(14(23)25-3)11-7-6-10(17)8-12(11)18/h6-9,13H,4-5H2,1-3H3. The number of ether oxygens (including phenoxy) is 1. The molecule has 140 valence electrons. The van der Waals surface area contributed by atoms with Crippen LogP contribution in [0.3, 0.4) is 0 Å². The van der Waals surface area contributed by atoms with E-state index in [9.17, 15) is 9.59 Å². The van der Waals surface area contributed by atoms with Crippen LogP contribution in [0.5, 0.6) is 0 Å². The first kappa shape index (κ1) is 20.5. The van der Waals surface area contributed by atoms with Gasteiger partial charge in [-0.05, 0) is 31.5 Å². The zero-order valence-corrected chi connectivity index (χ0v) is 16.8. The van der Waals surface area contributed by atoms with Gasteiger partial charge in [0.2, 0.25) is 5.16 Å². The molecule has 0 aliphatic heterocycles. The Balaban J connectivity index is 2.27. The third-order valence-corrected chi connectivity index (χ3v) is 5.23. The molecule has 0 saturated carbocycles. The average Bonchev–Trinajstić information content (AvgIpc) is 3.09. The first-order valence-corrected chi connectivity index (χ1v) is 9.45. The highest BCUT2D eigenvalue weighted by molar-refractivity contribution is 8.00. The molecule has 26 heavy (non-hydrogen) atoms. The van der Waals surface area contributed by atoms with Crippen molar-refractivity contribution in [1.29, 1.82) is 0 Å². The Labute approximate surface area is 165 Å². The first-order chi connectivity index (χ1) is 12.4. The summed E-state index contributed by atoms with van der Waals surface area (Å²) in [4.78, 5) is 30.2. The van der Waals surface area contributed by atoms with E-state index in [0.717, 1.165) is 16.4 Å². The molecule has 0 radical (unpaired) electrons. The molecule has 0 bridgehead atoms. The second-order valence-electron chi connectivity index (χ2n) is 5.11. The summed E-state index contributed by atoms with van der Waals surface area (Å²) in [7, 11) is 1.29. The number of benzene rings is 1. The van der Waals surface area contributed by atoms with Crippen LogP contribution in [0.2, 0.25) is 10.0 Å². The summed E-state index contributed by atoms with van der Waals surface area (Å²) in [6, 6.07) is 4.55. The molecule has 0 saturated heterocycles. The molecule has 0 aliphatic carbocycles. The number of amides is 1. The van der Waals surface area contributed by atoms with Crippen LogP contribution < -0.4 is 0 Å². The Morgan fingerprint density at radius 2 is 2.00 bits per heavy atom. The molecule has 0 fully saturated rings. The van der Waals surface area contributed by atoms with Gasteiger partial charge >= 0.3 is 12.0 Å². The van der Waals surface area contributed by atoms with E-state index < -0.39 is 11.2 Å². The molecular weight excluding hydrogens is 399 g/mol. The molecular formula is C16H18Cl2N4O3S. The molecule has 0 N–H and O–H groups in total. The summed E-state index contributed by atoms with van der Waals surface area (Å²) < 4.78 is 6.01. The van der Waals surface area contributed by atoms with Gasteiger partial charge in [-0.1, -0.05) is 41.0 Å². The quantitative estimate of drug-likeness (QED) is 0.524. The molecule has 2 aromatic rings. The SMILES string of the molecule is CCN(CC)C(=O)n1cnc(SC(C(=O)OC)c2ccc(Cl)cc2Cl)n1. The molecule has 0 spiro atoms. The van der Waals surface area contributed by atoms with E-state index in [1.807, 2.05) is 13.8 Å². The number of thioether (sulfide) groups is 1. The normalized spacial score (nSPS) is 11.9. The molecule has 1 aromatic carbocycles. The van der Waals surface area contributed by atoms with Gasteiger partial charge in [-0.25, -0.2) is 9.78 Å². The van der Waals surface area contributed by atoms with Crippen molar-refractivity contribution in [3.63, 3.8) is 0 Å². The first-order valence-electron chi connectivity index (χ1n) is 7.81. The van der Waals surface area contributed by atoms with Gasteiger partial charge in [0.15, 0.2) is 0 Å². The third-order valence-electron chi connectivity index (χ3n) is 3.58. The van der Waals surface area contributed by atoms with Crippen molar-refractivity contribution in [2.75, 3.05) is 20.2 Å². The van der Waals surface area contributed by atoms with E-state index in [2.05, 4.69) is 10.1 Å². The number of carbonyl (C=O) groups is 2. The highest BCUT2D eigenvalue weighted by atomic mass is 35.5. The number of aromatic nitrogens is 3. The maximum Gasteiger partial charge on any atom is 0.346 e.